The molecule has 0 bridgehead atoms. The minimum atomic E-state index is -0.441. The molecule has 12 heteroatoms. The molecule has 6 N–H and O–H groups in total. The van der Waals surface area contributed by atoms with Crippen LogP contribution in [0.4, 0.5) is 0 Å². The van der Waals surface area contributed by atoms with Crippen molar-refractivity contribution < 1.29 is 19.0 Å². The van der Waals surface area contributed by atoms with E-state index >= 15 is 0 Å². The monoisotopic (exact) mass is 580 g/mol. The molecule has 0 atom stereocenters. The first kappa shape index (κ1) is 32.1. The second-order valence-electron chi connectivity index (χ2n) is 11.1. The summed E-state index contributed by atoms with van der Waals surface area (Å²) < 4.78 is 10.3. The molecular formula is C27H40N4O6S2. The quantitative estimate of drug-likeness (QED) is 0.144. The molecule has 2 heterocycles. The van der Waals surface area contributed by atoms with E-state index in [-0.39, 0.29) is 22.3 Å². The Morgan fingerprint density at radius 1 is 0.795 bits per heavy atom. The summed E-state index contributed by atoms with van der Waals surface area (Å²) in [6.45, 7) is 10.9. The molecule has 2 aromatic rings. The van der Waals surface area contributed by atoms with Gasteiger partial charge in [0.2, 0.25) is 10.9 Å². The van der Waals surface area contributed by atoms with Gasteiger partial charge >= 0.3 is 0 Å². The van der Waals surface area contributed by atoms with Crippen LogP contribution in [0.1, 0.15) is 58.3 Å². The van der Waals surface area contributed by atoms with Crippen molar-refractivity contribution >= 4 is 34.7 Å². The van der Waals surface area contributed by atoms with Gasteiger partial charge in [0.15, 0.2) is 21.7 Å². The first-order chi connectivity index (χ1) is 18.3. The summed E-state index contributed by atoms with van der Waals surface area (Å²) >= 11 is 10.7. The van der Waals surface area contributed by atoms with Crippen LogP contribution in [0.3, 0.4) is 0 Å². The predicted octanol–water partition coefficient (Wildman–Crippen LogP) is 2.94. The second-order valence-corrected chi connectivity index (χ2v) is 11.9. The topological polar surface area (TPSA) is 149 Å². The lowest BCUT2D eigenvalue weighted by Gasteiger charge is -2.24. The van der Waals surface area contributed by atoms with Gasteiger partial charge in [-0.15, -0.1) is 0 Å². The minimum Gasteiger partial charge on any atom is -0.502 e. The first-order valence-electron chi connectivity index (χ1n) is 12.9. The number of aromatic hydroxyl groups is 2. The molecule has 0 aromatic carbocycles. The molecule has 0 amide bonds. The highest BCUT2D eigenvalue weighted by molar-refractivity contribution is 7.80. The lowest BCUT2D eigenvalue weighted by Crippen LogP contribution is -2.40. The van der Waals surface area contributed by atoms with Gasteiger partial charge in [-0.2, -0.15) is 0 Å². The van der Waals surface area contributed by atoms with Crippen LogP contribution in [0.25, 0.3) is 0 Å². The lowest BCUT2D eigenvalue weighted by molar-refractivity contribution is 0.298. The molecule has 0 unspecified atom stereocenters. The molecule has 0 aliphatic rings. The van der Waals surface area contributed by atoms with E-state index in [2.05, 4.69) is 35.1 Å². The van der Waals surface area contributed by atoms with Gasteiger partial charge < -0.3 is 40.3 Å². The van der Waals surface area contributed by atoms with Crippen LogP contribution < -0.4 is 32.1 Å². The zero-order chi connectivity index (χ0) is 29.1. The molecule has 39 heavy (non-hydrogen) atoms. The maximum atomic E-state index is 12.0. The Labute approximate surface area is 239 Å². The van der Waals surface area contributed by atoms with Gasteiger partial charge in [0.1, 0.15) is 18.3 Å². The number of nitrogens with one attached hydrogen (secondary N) is 4. The Hall–Kier alpha value is -3.12. The molecule has 216 valence electrons. The van der Waals surface area contributed by atoms with Crippen molar-refractivity contribution in [3.05, 3.63) is 56.6 Å². The smallest absolute Gasteiger partial charge is 0.229 e. The van der Waals surface area contributed by atoms with Crippen LogP contribution in [-0.4, -0.2) is 46.6 Å². The van der Waals surface area contributed by atoms with Gasteiger partial charge in [0.25, 0.3) is 0 Å². The third kappa shape index (κ3) is 12.1. The number of hydrogen-bond donors (Lipinski definition) is 6. The summed E-state index contributed by atoms with van der Waals surface area (Å²) in [5.74, 6) is -0.224. The van der Waals surface area contributed by atoms with Crippen LogP contribution in [0, 0.1) is 10.8 Å². The molecule has 0 saturated carbocycles. The lowest BCUT2D eigenvalue weighted by atomic mass is 9.83. The van der Waals surface area contributed by atoms with Gasteiger partial charge in [-0.25, -0.2) is 0 Å². The van der Waals surface area contributed by atoms with Crippen LogP contribution in [0.2, 0.25) is 0 Å². The second kappa shape index (κ2) is 14.9. The van der Waals surface area contributed by atoms with E-state index in [1.54, 1.807) is 0 Å². The number of thiocarbonyl (C=S) groups is 2. The molecule has 2 aromatic heterocycles. The average molecular weight is 581 g/mol. The SMILES string of the molecule is CC(C)(CCNC(=S)NCCCNC(=S)NCCC(C)(C)Cc1cocc(O)c1=O)Cc1cc(=O)c(O)co1. The van der Waals surface area contributed by atoms with E-state index in [0.29, 0.717) is 60.6 Å². The van der Waals surface area contributed by atoms with Gasteiger partial charge in [0, 0.05) is 44.2 Å². The summed E-state index contributed by atoms with van der Waals surface area (Å²) in [5, 5.41) is 32.8. The Kier molecular flexibility index (Phi) is 12.2. The molecule has 0 aliphatic carbocycles. The van der Waals surface area contributed by atoms with E-state index in [0.717, 1.165) is 31.8 Å². The molecule has 0 fully saturated rings. The largest absolute Gasteiger partial charge is 0.502 e. The van der Waals surface area contributed by atoms with Gasteiger partial charge in [-0.3, -0.25) is 9.59 Å². The highest BCUT2D eigenvalue weighted by Crippen LogP contribution is 2.26. The van der Waals surface area contributed by atoms with Crippen molar-refractivity contribution in [1.82, 2.24) is 21.3 Å². The fourth-order valence-corrected chi connectivity index (χ4v) is 4.33. The fraction of sp³-hybridized carbons (Fsp3) is 0.556. The summed E-state index contributed by atoms with van der Waals surface area (Å²) in [6, 6.07) is 1.33. The van der Waals surface area contributed by atoms with Gasteiger partial charge in [-0.05, 0) is 60.9 Å². The third-order valence-electron chi connectivity index (χ3n) is 6.20. The zero-order valence-corrected chi connectivity index (χ0v) is 24.7. The zero-order valence-electron chi connectivity index (χ0n) is 23.0. The van der Waals surface area contributed by atoms with Crippen molar-refractivity contribution in [3.63, 3.8) is 0 Å². The Balaban J connectivity index is 1.55. The van der Waals surface area contributed by atoms with Crippen LogP contribution >= 0.6 is 24.4 Å². The Morgan fingerprint density at radius 3 is 1.90 bits per heavy atom. The van der Waals surface area contributed by atoms with Gasteiger partial charge in [0.05, 0.1) is 6.26 Å². The molecule has 10 nitrogen and oxygen atoms in total. The predicted molar refractivity (Wildman–Crippen MR) is 159 cm³/mol. The van der Waals surface area contributed by atoms with Crippen molar-refractivity contribution in [2.45, 2.75) is 59.8 Å². The molecule has 2 rings (SSSR count). The summed E-state index contributed by atoms with van der Waals surface area (Å²) in [5.41, 5.74) is -0.699. The van der Waals surface area contributed by atoms with Crippen LogP contribution in [-0.2, 0) is 12.8 Å². The third-order valence-corrected chi connectivity index (χ3v) is 6.78. The standard InChI is InChI=1S/C27H40N4O6S2/c1-26(2,13-18-15-36-16-22(34)23(18)35)6-10-30-24(38)28-8-5-9-29-25(39)31-11-7-27(3,4)14-19-12-20(32)21(33)17-37-19/h12,15-17,33-34H,5-11,13-14H2,1-4H3,(H2,28,30,38)(H2,29,31,39). The molecule has 0 aliphatic heterocycles. The van der Waals surface area contributed by atoms with E-state index in [1.165, 1.54) is 12.3 Å². The first-order valence-corrected chi connectivity index (χ1v) is 13.7. The molecule has 0 spiro atoms. The van der Waals surface area contributed by atoms with Crippen molar-refractivity contribution in [2.75, 3.05) is 26.2 Å². The number of rotatable bonds is 14. The van der Waals surface area contributed by atoms with Gasteiger partial charge in [-0.1, -0.05) is 27.7 Å². The molecular weight excluding hydrogens is 540 g/mol. The average Bonchev–Trinajstić information content (AvgIpc) is 2.83. The highest BCUT2D eigenvalue weighted by Gasteiger charge is 2.22. The maximum Gasteiger partial charge on any atom is 0.229 e. The van der Waals surface area contributed by atoms with E-state index < -0.39 is 10.9 Å². The van der Waals surface area contributed by atoms with Crippen LogP contribution in [0.5, 0.6) is 11.5 Å². The minimum absolute atomic E-state index is 0.128. The highest BCUT2D eigenvalue weighted by atomic mass is 32.1. The number of hydrogen-bond acceptors (Lipinski definition) is 8. The Bertz CT molecular complexity index is 1230. The maximum absolute atomic E-state index is 12.0. The van der Waals surface area contributed by atoms with Crippen LogP contribution in [0.15, 0.2) is 43.3 Å². The molecule has 0 radical (unpaired) electrons. The van der Waals surface area contributed by atoms with E-state index in [4.69, 9.17) is 33.3 Å². The molecule has 0 saturated heterocycles. The van der Waals surface area contributed by atoms with E-state index in [1.807, 2.05) is 13.8 Å². The summed E-state index contributed by atoms with van der Waals surface area (Å²) in [6.07, 6.45) is 6.94. The van der Waals surface area contributed by atoms with Crippen molar-refractivity contribution in [2.24, 2.45) is 10.8 Å². The Morgan fingerprint density at radius 2 is 1.33 bits per heavy atom. The van der Waals surface area contributed by atoms with Crippen molar-refractivity contribution in [1.29, 1.82) is 0 Å². The van der Waals surface area contributed by atoms with E-state index in [9.17, 15) is 19.8 Å². The van der Waals surface area contributed by atoms with Crippen molar-refractivity contribution in [3.8, 4) is 11.5 Å². The normalized spacial score (nSPS) is 11.6. The summed E-state index contributed by atoms with van der Waals surface area (Å²) in [7, 11) is 0. The summed E-state index contributed by atoms with van der Waals surface area (Å²) in [4.78, 5) is 23.6. The fourth-order valence-electron chi connectivity index (χ4n) is 3.92.